The van der Waals surface area contributed by atoms with Crippen molar-refractivity contribution in [1.82, 2.24) is 10.3 Å². The normalized spacial score (nSPS) is 15.2. The molecule has 0 spiro atoms. The number of amides is 1. The number of carbonyl (C=O) groups is 1. The third-order valence-electron chi connectivity index (χ3n) is 6.68. The van der Waals surface area contributed by atoms with Gasteiger partial charge in [0.25, 0.3) is 5.91 Å². The van der Waals surface area contributed by atoms with Gasteiger partial charge in [-0.05, 0) is 80.3 Å². The largest absolute Gasteiger partial charge is 0.494 e. The van der Waals surface area contributed by atoms with Crippen molar-refractivity contribution in [3.8, 4) is 28.5 Å². The standard InChI is InChI=1S/C28H28F4N2O5/c1-16-13-17(7-9-20(16)29)25-22(37-2)11-12-24(34-25)27(36,28(30,31)32)15-33-26(35)18-8-10-21(23(14-18)38-3)39-19-5-4-6-19/h7-14,19,36H,4-6,15H2,1-3H3,(H,33,35). The summed E-state index contributed by atoms with van der Waals surface area (Å²) in [5.74, 6) is -0.556. The number of alkyl halides is 3. The lowest BCUT2D eigenvalue weighted by atomic mass is 9.96. The van der Waals surface area contributed by atoms with Crippen LogP contribution in [0, 0.1) is 12.7 Å². The van der Waals surface area contributed by atoms with Gasteiger partial charge in [0.15, 0.2) is 11.5 Å². The maximum atomic E-state index is 14.3. The molecule has 2 aromatic carbocycles. The second-order valence-corrected chi connectivity index (χ2v) is 9.29. The van der Waals surface area contributed by atoms with E-state index in [4.69, 9.17) is 14.2 Å². The molecule has 3 aromatic rings. The van der Waals surface area contributed by atoms with E-state index in [0.29, 0.717) is 5.75 Å². The number of aliphatic hydroxyl groups is 1. The van der Waals surface area contributed by atoms with Crippen molar-refractivity contribution in [1.29, 1.82) is 0 Å². The molecule has 0 saturated heterocycles. The molecule has 1 unspecified atom stereocenters. The minimum Gasteiger partial charge on any atom is -0.494 e. The van der Waals surface area contributed by atoms with E-state index in [1.807, 2.05) is 0 Å². The molecule has 11 heteroatoms. The average Bonchev–Trinajstić information content (AvgIpc) is 2.89. The van der Waals surface area contributed by atoms with Gasteiger partial charge in [0.1, 0.15) is 17.3 Å². The fraction of sp³-hybridized carbons (Fsp3) is 0.357. The second-order valence-electron chi connectivity index (χ2n) is 9.29. The van der Waals surface area contributed by atoms with Gasteiger partial charge in [-0.2, -0.15) is 13.2 Å². The first kappa shape index (κ1) is 28.2. The number of methoxy groups -OCH3 is 2. The molecule has 7 nitrogen and oxygen atoms in total. The Morgan fingerprint density at radius 3 is 2.31 bits per heavy atom. The van der Waals surface area contributed by atoms with Crippen LogP contribution in [0.1, 0.15) is 40.9 Å². The molecule has 0 radical (unpaired) electrons. The van der Waals surface area contributed by atoms with E-state index in [9.17, 15) is 27.5 Å². The maximum Gasteiger partial charge on any atom is 0.424 e. The summed E-state index contributed by atoms with van der Waals surface area (Å²) in [5.41, 5.74) is -3.79. The Kier molecular flexibility index (Phi) is 8.01. The summed E-state index contributed by atoms with van der Waals surface area (Å²) in [4.78, 5) is 16.9. The topological polar surface area (TPSA) is 89.9 Å². The molecular weight excluding hydrogens is 520 g/mol. The molecule has 1 atom stereocenters. The Morgan fingerprint density at radius 1 is 1.03 bits per heavy atom. The number of nitrogens with one attached hydrogen (secondary N) is 1. The van der Waals surface area contributed by atoms with Crippen molar-refractivity contribution < 1.29 is 41.7 Å². The van der Waals surface area contributed by atoms with Crippen LogP contribution in [-0.2, 0) is 5.60 Å². The summed E-state index contributed by atoms with van der Waals surface area (Å²) in [6.07, 6.45) is -2.28. The molecule has 1 amide bonds. The molecule has 0 bridgehead atoms. The van der Waals surface area contributed by atoms with Crippen molar-refractivity contribution in [3.63, 3.8) is 0 Å². The first-order valence-electron chi connectivity index (χ1n) is 12.2. The molecule has 1 aromatic heterocycles. The van der Waals surface area contributed by atoms with Gasteiger partial charge in [-0.3, -0.25) is 4.79 Å². The summed E-state index contributed by atoms with van der Waals surface area (Å²) in [6.45, 7) is 0.275. The fourth-order valence-corrected chi connectivity index (χ4v) is 4.06. The molecule has 208 valence electrons. The van der Waals surface area contributed by atoms with Gasteiger partial charge in [-0.15, -0.1) is 0 Å². The lowest BCUT2D eigenvalue weighted by Crippen LogP contribution is -2.51. The van der Waals surface area contributed by atoms with Crippen LogP contribution in [-0.4, -0.2) is 49.0 Å². The number of carbonyl (C=O) groups excluding carboxylic acids is 1. The quantitative estimate of drug-likeness (QED) is 0.352. The number of nitrogens with zero attached hydrogens (tertiary/aromatic N) is 1. The lowest BCUT2D eigenvalue weighted by Gasteiger charge is -2.30. The van der Waals surface area contributed by atoms with Crippen molar-refractivity contribution in [2.24, 2.45) is 0 Å². The van der Waals surface area contributed by atoms with E-state index in [2.05, 4.69) is 10.3 Å². The van der Waals surface area contributed by atoms with E-state index >= 15 is 0 Å². The van der Waals surface area contributed by atoms with Crippen LogP contribution in [0.25, 0.3) is 11.3 Å². The van der Waals surface area contributed by atoms with E-state index in [1.165, 1.54) is 57.5 Å². The Morgan fingerprint density at radius 2 is 1.72 bits per heavy atom. The molecular formula is C28H28F4N2O5. The predicted molar refractivity (Wildman–Crippen MR) is 134 cm³/mol. The van der Waals surface area contributed by atoms with Gasteiger partial charge in [0.2, 0.25) is 5.60 Å². The third-order valence-corrected chi connectivity index (χ3v) is 6.68. The number of pyridine rings is 1. The Hall–Kier alpha value is -3.86. The summed E-state index contributed by atoms with van der Waals surface area (Å²) in [5, 5.41) is 13.0. The smallest absolute Gasteiger partial charge is 0.424 e. The van der Waals surface area contributed by atoms with Gasteiger partial charge < -0.3 is 24.6 Å². The SMILES string of the molecule is COc1cc(C(=O)NCC(O)(c2ccc(OC)c(-c3ccc(F)c(C)c3)n2)C(F)(F)F)ccc1OC1CCC1. The summed E-state index contributed by atoms with van der Waals surface area (Å²) in [6, 6.07) is 10.4. The van der Waals surface area contributed by atoms with Crippen LogP contribution < -0.4 is 19.5 Å². The monoisotopic (exact) mass is 548 g/mol. The van der Waals surface area contributed by atoms with Crippen LogP contribution in [0.2, 0.25) is 0 Å². The van der Waals surface area contributed by atoms with Crippen LogP contribution >= 0.6 is 0 Å². The van der Waals surface area contributed by atoms with E-state index in [1.54, 1.807) is 0 Å². The number of benzene rings is 2. The fourth-order valence-electron chi connectivity index (χ4n) is 4.06. The summed E-state index contributed by atoms with van der Waals surface area (Å²) < 4.78 is 72.9. The van der Waals surface area contributed by atoms with Gasteiger partial charge in [0, 0.05) is 11.1 Å². The highest BCUT2D eigenvalue weighted by Crippen LogP contribution is 2.40. The highest BCUT2D eigenvalue weighted by atomic mass is 19.4. The van der Waals surface area contributed by atoms with Crippen molar-refractivity contribution in [2.45, 2.75) is 44.1 Å². The van der Waals surface area contributed by atoms with Crippen LogP contribution in [0.5, 0.6) is 17.2 Å². The van der Waals surface area contributed by atoms with Gasteiger partial charge in [0.05, 0.1) is 32.6 Å². The Balaban J connectivity index is 1.61. The highest BCUT2D eigenvalue weighted by molar-refractivity contribution is 5.95. The van der Waals surface area contributed by atoms with Crippen LogP contribution in [0.15, 0.2) is 48.5 Å². The van der Waals surface area contributed by atoms with Crippen LogP contribution in [0.4, 0.5) is 17.6 Å². The first-order valence-corrected chi connectivity index (χ1v) is 12.2. The van der Waals surface area contributed by atoms with Gasteiger partial charge in [-0.25, -0.2) is 9.37 Å². The number of aromatic nitrogens is 1. The first-order chi connectivity index (χ1) is 18.5. The molecule has 1 saturated carbocycles. The molecule has 1 aliphatic carbocycles. The molecule has 1 aliphatic rings. The number of aryl methyl sites for hydroxylation is 1. The maximum absolute atomic E-state index is 14.3. The Bertz CT molecular complexity index is 1360. The predicted octanol–water partition coefficient (Wildman–Crippen LogP) is 5.32. The second kappa shape index (κ2) is 11.1. The molecule has 1 heterocycles. The van der Waals surface area contributed by atoms with E-state index in [-0.39, 0.29) is 40.0 Å². The zero-order valence-corrected chi connectivity index (χ0v) is 21.6. The minimum absolute atomic E-state index is 0.0162. The van der Waals surface area contributed by atoms with Crippen molar-refractivity contribution >= 4 is 5.91 Å². The van der Waals surface area contributed by atoms with Crippen molar-refractivity contribution in [2.75, 3.05) is 20.8 Å². The number of hydrogen-bond donors (Lipinski definition) is 2. The zero-order valence-electron chi connectivity index (χ0n) is 21.6. The third kappa shape index (κ3) is 5.78. The number of ether oxygens (including phenoxy) is 3. The van der Waals surface area contributed by atoms with Gasteiger partial charge >= 0.3 is 6.18 Å². The molecule has 1 fully saturated rings. The van der Waals surface area contributed by atoms with Crippen molar-refractivity contribution in [3.05, 3.63) is 71.2 Å². The highest BCUT2D eigenvalue weighted by Gasteiger charge is 2.56. The van der Waals surface area contributed by atoms with Crippen LogP contribution in [0.3, 0.4) is 0 Å². The molecule has 4 rings (SSSR count). The molecule has 0 aliphatic heterocycles. The average molecular weight is 549 g/mol. The Labute approximate surface area is 222 Å². The summed E-state index contributed by atoms with van der Waals surface area (Å²) in [7, 11) is 2.70. The van der Waals surface area contributed by atoms with E-state index < -0.39 is 35.7 Å². The number of hydrogen-bond acceptors (Lipinski definition) is 6. The summed E-state index contributed by atoms with van der Waals surface area (Å²) >= 11 is 0. The van der Waals surface area contributed by atoms with E-state index in [0.717, 1.165) is 31.4 Å². The number of rotatable bonds is 9. The zero-order chi connectivity index (χ0) is 28.4. The van der Waals surface area contributed by atoms with Gasteiger partial charge in [-0.1, -0.05) is 0 Å². The molecule has 2 N–H and O–H groups in total. The molecule has 39 heavy (non-hydrogen) atoms. The lowest BCUT2D eigenvalue weighted by molar-refractivity contribution is -0.265. The number of halogens is 4. The minimum atomic E-state index is -5.21.